The van der Waals surface area contributed by atoms with Crippen LogP contribution in [0.3, 0.4) is 0 Å². The van der Waals surface area contributed by atoms with Gasteiger partial charge in [0.2, 0.25) is 5.91 Å². The Kier molecular flexibility index (Phi) is 8.00. The molecule has 0 aliphatic rings. The van der Waals surface area contributed by atoms with Gasteiger partial charge in [-0.2, -0.15) is 0 Å². The Bertz CT molecular complexity index is 1650. The van der Waals surface area contributed by atoms with Crippen LogP contribution in [0.15, 0.2) is 107 Å². The summed E-state index contributed by atoms with van der Waals surface area (Å²) in [6.07, 6.45) is 1.46. The standard InChI is InChI=1S/C26H23ClN4O5S2/c1-19-17-20(27)10-15-24(19)31(38(35,36)23-7-3-2-4-8-23)18-26(32)29-21-11-13-22(14-12-21)37(33,34)30-25-9-5-6-16-28-25/h2-17H,18H2,1H3,(H,28,30)(H,29,32). The number of carbonyl (C=O) groups excluding carboxylic acids is 1. The predicted octanol–water partition coefficient (Wildman–Crippen LogP) is 4.68. The Hall–Kier alpha value is -3.93. The number of carbonyl (C=O) groups is 1. The molecule has 2 N–H and O–H groups in total. The molecule has 0 bridgehead atoms. The number of aromatic nitrogens is 1. The third-order valence-electron chi connectivity index (χ3n) is 5.40. The number of hydrogen-bond acceptors (Lipinski definition) is 6. The average Bonchev–Trinajstić information content (AvgIpc) is 2.89. The lowest BCUT2D eigenvalue weighted by Gasteiger charge is -2.25. The van der Waals surface area contributed by atoms with Gasteiger partial charge in [-0.3, -0.25) is 13.8 Å². The van der Waals surface area contributed by atoms with E-state index in [1.165, 1.54) is 48.7 Å². The fourth-order valence-electron chi connectivity index (χ4n) is 3.59. The third kappa shape index (κ3) is 6.31. The highest BCUT2D eigenvalue weighted by Crippen LogP contribution is 2.29. The van der Waals surface area contributed by atoms with E-state index in [1.807, 2.05) is 0 Å². The summed E-state index contributed by atoms with van der Waals surface area (Å²) in [4.78, 5) is 16.9. The molecule has 0 saturated heterocycles. The fraction of sp³-hybridized carbons (Fsp3) is 0.0769. The Morgan fingerprint density at radius 3 is 2.18 bits per heavy atom. The molecule has 0 aliphatic carbocycles. The van der Waals surface area contributed by atoms with Gasteiger partial charge in [0, 0.05) is 16.9 Å². The summed E-state index contributed by atoms with van der Waals surface area (Å²) < 4.78 is 55.6. The lowest BCUT2D eigenvalue weighted by atomic mass is 10.2. The molecule has 0 atom stereocenters. The molecule has 1 heterocycles. The molecule has 1 aromatic heterocycles. The van der Waals surface area contributed by atoms with Crippen molar-refractivity contribution in [2.75, 3.05) is 20.9 Å². The SMILES string of the molecule is Cc1cc(Cl)ccc1N(CC(=O)Nc1ccc(S(=O)(=O)Nc2ccccn2)cc1)S(=O)(=O)c1ccccc1. The molecule has 0 unspecified atom stereocenters. The second kappa shape index (κ2) is 11.2. The average molecular weight is 571 g/mol. The van der Waals surface area contributed by atoms with E-state index in [9.17, 15) is 21.6 Å². The number of sulfonamides is 2. The lowest BCUT2D eigenvalue weighted by Crippen LogP contribution is -2.38. The number of pyridine rings is 1. The molecular weight excluding hydrogens is 548 g/mol. The van der Waals surface area contributed by atoms with E-state index in [1.54, 1.807) is 55.5 Å². The normalized spacial score (nSPS) is 11.5. The minimum Gasteiger partial charge on any atom is -0.325 e. The van der Waals surface area contributed by atoms with Gasteiger partial charge in [0.25, 0.3) is 20.0 Å². The number of nitrogens with zero attached hydrogens (tertiary/aromatic N) is 2. The summed E-state index contributed by atoms with van der Waals surface area (Å²) in [7, 11) is -7.99. The first-order chi connectivity index (χ1) is 18.1. The smallest absolute Gasteiger partial charge is 0.264 e. The van der Waals surface area contributed by atoms with Gasteiger partial charge in [-0.1, -0.05) is 35.9 Å². The first-order valence-corrected chi connectivity index (χ1v) is 14.5. The maximum atomic E-state index is 13.5. The molecule has 0 fully saturated rings. The topological polar surface area (TPSA) is 126 Å². The van der Waals surface area contributed by atoms with Crippen LogP contribution in [0.5, 0.6) is 0 Å². The highest BCUT2D eigenvalue weighted by atomic mass is 35.5. The number of rotatable bonds is 9. The Morgan fingerprint density at radius 2 is 1.55 bits per heavy atom. The van der Waals surface area contributed by atoms with Crippen LogP contribution in [0.4, 0.5) is 17.2 Å². The predicted molar refractivity (Wildman–Crippen MR) is 147 cm³/mol. The van der Waals surface area contributed by atoms with Gasteiger partial charge in [-0.15, -0.1) is 0 Å². The zero-order chi connectivity index (χ0) is 27.3. The van der Waals surface area contributed by atoms with Gasteiger partial charge in [0.1, 0.15) is 12.4 Å². The largest absolute Gasteiger partial charge is 0.325 e. The van der Waals surface area contributed by atoms with E-state index in [2.05, 4.69) is 15.0 Å². The van der Waals surface area contributed by atoms with Gasteiger partial charge in [-0.05, 0) is 79.2 Å². The summed E-state index contributed by atoms with van der Waals surface area (Å²) in [5.74, 6) is -0.455. The quantitative estimate of drug-likeness (QED) is 0.301. The van der Waals surface area contributed by atoms with Gasteiger partial charge in [0.15, 0.2) is 0 Å². The molecule has 4 aromatic rings. The third-order valence-corrected chi connectivity index (χ3v) is 8.78. The zero-order valence-corrected chi connectivity index (χ0v) is 22.5. The molecule has 0 aliphatic heterocycles. The van der Waals surface area contributed by atoms with Crippen LogP contribution in [0.1, 0.15) is 5.56 Å². The fourth-order valence-corrected chi connectivity index (χ4v) is 6.33. The van der Waals surface area contributed by atoms with E-state index < -0.39 is 32.5 Å². The van der Waals surface area contributed by atoms with Gasteiger partial charge in [-0.25, -0.2) is 21.8 Å². The summed E-state index contributed by atoms with van der Waals surface area (Å²) in [6.45, 7) is 1.17. The number of aryl methyl sites for hydroxylation is 1. The van der Waals surface area contributed by atoms with E-state index in [0.29, 0.717) is 16.3 Å². The summed E-state index contributed by atoms with van der Waals surface area (Å²) in [6, 6.07) is 22.8. The summed E-state index contributed by atoms with van der Waals surface area (Å²) in [5.41, 5.74) is 1.16. The molecule has 0 radical (unpaired) electrons. The van der Waals surface area contributed by atoms with Crippen LogP contribution in [-0.2, 0) is 24.8 Å². The molecule has 4 rings (SSSR count). The van der Waals surface area contributed by atoms with Crippen molar-refractivity contribution in [3.8, 4) is 0 Å². The number of halogens is 1. The van der Waals surface area contributed by atoms with Crippen molar-refractivity contribution in [3.05, 3.63) is 108 Å². The van der Waals surface area contributed by atoms with Crippen molar-refractivity contribution in [2.45, 2.75) is 16.7 Å². The van der Waals surface area contributed by atoms with Crippen molar-refractivity contribution in [1.29, 1.82) is 0 Å². The molecule has 3 aromatic carbocycles. The second-order valence-electron chi connectivity index (χ2n) is 8.15. The second-order valence-corrected chi connectivity index (χ2v) is 12.1. The summed E-state index contributed by atoms with van der Waals surface area (Å²) >= 11 is 6.06. The van der Waals surface area contributed by atoms with Crippen LogP contribution < -0.4 is 14.3 Å². The van der Waals surface area contributed by atoms with Crippen LogP contribution in [0.25, 0.3) is 0 Å². The molecule has 1 amide bonds. The van der Waals surface area contributed by atoms with Crippen molar-refractivity contribution < 1.29 is 21.6 Å². The van der Waals surface area contributed by atoms with Crippen molar-refractivity contribution >= 4 is 54.7 Å². The molecule has 0 saturated carbocycles. The van der Waals surface area contributed by atoms with Crippen LogP contribution in [0.2, 0.25) is 5.02 Å². The Balaban J connectivity index is 1.55. The van der Waals surface area contributed by atoms with E-state index >= 15 is 0 Å². The van der Waals surface area contributed by atoms with E-state index in [0.717, 1.165) is 4.31 Å². The number of nitrogens with one attached hydrogen (secondary N) is 2. The van der Waals surface area contributed by atoms with Crippen molar-refractivity contribution in [2.24, 2.45) is 0 Å². The highest BCUT2D eigenvalue weighted by Gasteiger charge is 2.28. The van der Waals surface area contributed by atoms with Gasteiger partial charge >= 0.3 is 0 Å². The Labute approximate surface area is 226 Å². The number of benzene rings is 3. The van der Waals surface area contributed by atoms with Crippen LogP contribution in [-0.4, -0.2) is 34.3 Å². The minimum absolute atomic E-state index is 0.0251. The number of amides is 1. The monoisotopic (exact) mass is 570 g/mol. The first-order valence-electron chi connectivity index (χ1n) is 11.2. The molecule has 9 nitrogen and oxygen atoms in total. The molecule has 0 spiro atoms. The summed E-state index contributed by atoms with van der Waals surface area (Å²) in [5, 5.41) is 3.06. The van der Waals surface area contributed by atoms with Crippen LogP contribution in [0, 0.1) is 6.92 Å². The van der Waals surface area contributed by atoms with E-state index in [4.69, 9.17) is 11.6 Å². The van der Waals surface area contributed by atoms with Gasteiger partial charge < -0.3 is 5.32 Å². The number of anilines is 3. The molecule has 38 heavy (non-hydrogen) atoms. The maximum Gasteiger partial charge on any atom is 0.264 e. The minimum atomic E-state index is -4.10. The highest BCUT2D eigenvalue weighted by molar-refractivity contribution is 7.93. The zero-order valence-electron chi connectivity index (χ0n) is 20.1. The Morgan fingerprint density at radius 1 is 0.868 bits per heavy atom. The van der Waals surface area contributed by atoms with Gasteiger partial charge in [0.05, 0.1) is 15.5 Å². The van der Waals surface area contributed by atoms with Crippen molar-refractivity contribution in [3.63, 3.8) is 0 Å². The lowest BCUT2D eigenvalue weighted by molar-refractivity contribution is -0.114. The maximum absolute atomic E-state index is 13.5. The first kappa shape index (κ1) is 27.1. The van der Waals surface area contributed by atoms with Crippen molar-refractivity contribution in [1.82, 2.24) is 4.98 Å². The number of hydrogen-bond donors (Lipinski definition) is 2. The molecule has 12 heteroatoms. The van der Waals surface area contributed by atoms with E-state index in [-0.39, 0.29) is 21.3 Å². The van der Waals surface area contributed by atoms with Crippen LogP contribution >= 0.6 is 11.6 Å². The molecular formula is C26H23ClN4O5S2. The molecule has 196 valence electrons.